The second-order valence-electron chi connectivity index (χ2n) is 5.97. The molecule has 4 rings (SSSR count). The van der Waals surface area contributed by atoms with Gasteiger partial charge >= 0.3 is 0 Å². The van der Waals surface area contributed by atoms with E-state index in [4.69, 9.17) is 0 Å². The fourth-order valence-electron chi connectivity index (χ4n) is 3.12. The summed E-state index contributed by atoms with van der Waals surface area (Å²) in [6, 6.07) is 15.2. The number of fused-ring (bicyclic) bond motifs is 2. The van der Waals surface area contributed by atoms with Crippen LogP contribution < -0.4 is 0 Å². The van der Waals surface area contributed by atoms with Crippen molar-refractivity contribution < 1.29 is 9.90 Å². The van der Waals surface area contributed by atoms with Crippen molar-refractivity contribution in [1.82, 2.24) is 14.9 Å². The van der Waals surface area contributed by atoms with Crippen LogP contribution in [0.15, 0.2) is 54.7 Å². The number of para-hydroxylation sites is 2. The van der Waals surface area contributed by atoms with Gasteiger partial charge in [-0.05, 0) is 29.7 Å². The third-order valence-electron chi connectivity index (χ3n) is 4.40. The van der Waals surface area contributed by atoms with E-state index in [-0.39, 0.29) is 5.91 Å². The van der Waals surface area contributed by atoms with E-state index in [2.05, 4.69) is 9.97 Å². The van der Waals surface area contributed by atoms with Crippen molar-refractivity contribution in [2.75, 3.05) is 6.54 Å². The van der Waals surface area contributed by atoms with Gasteiger partial charge < -0.3 is 10.0 Å². The monoisotopic (exact) mass is 319 g/mol. The molecule has 5 heteroatoms. The summed E-state index contributed by atoms with van der Waals surface area (Å²) in [6.45, 7) is 0.962. The van der Waals surface area contributed by atoms with Crippen molar-refractivity contribution in [3.05, 3.63) is 71.5 Å². The largest absolute Gasteiger partial charge is 0.388 e. The highest BCUT2D eigenvalue weighted by Gasteiger charge is 2.25. The van der Waals surface area contributed by atoms with Gasteiger partial charge in [0, 0.05) is 13.1 Å². The quantitative estimate of drug-likeness (QED) is 0.749. The molecule has 0 saturated carbocycles. The Morgan fingerprint density at radius 3 is 2.71 bits per heavy atom. The molecule has 3 aromatic rings. The standard InChI is InChI=1S/C19H17N3O2/c23-18-9-10-22(12-13-5-1-2-6-14(13)18)19(24)17-11-20-15-7-3-4-8-16(15)21-17/h1-8,11,18,23H,9-10,12H2. The molecule has 0 radical (unpaired) electrons. The molecule has 1 aromatic heterocycles. The SMILES string of the molecule is O=C(c1cnc2ccccc2n1)N1CCC(O)c2ccccc2C1. The maximum Gasteiger partial charge on any atom is 0.274 e. The summed E-state index contributed by atoms with van der Waals surface area (Å²) >= 11 is 0. The van der Waals surface area contributed by atoms with Crippen molar-refractivity contribution in [3.63, 3.8) is 0 Å². The number of hydrogen-bond acceptors (Lipinski definition) is 4. The molecular weight excluding hydrogens is 302 g/mol. The zero-order valence-electron chi connectivity index (χ0n) is 13.1. The summed E-state index contributed by atoms with van der Waals surface area (Å²) in [7, 11) is 0. The molecule has 1 N–H and O–H groups in total. The molecule has 0 aliphatic carbocycles. The number of carbonyl (C=O) groups is 1. The van der Waals surface area contributed by atoms with Gasteiger partial charge in [0.05, 0.1) is 23.3 Å². The molecule has 24 heavy (non-hydrogen) atoms. The van der Waals surface area contributed by atoms with Crippen LogP contribution in [-0.4, -0.2) is 32.4 Å². The van der Waals surface area contributed by atoms with Crippen molar-refractivity contribution in [2.45, 2.75) is 19.1 Å². The molecule has 2 aromatic carbocycles. The molecule has 1 atom stereocenters. The van der Waals surface area contributed by atoms with Gasteiger partial charge in [-0.3, -0.25) is 9.78 Å². The number of aliphatic hydroxyl groups is 1. The predicted molar refractivity (Wildman–Crippen MR) is 90.3 cm³/mol. The fourth-order valence-corrected chi connectivity index (χ4v) is 3.12. The van der Waals surface area contributed by atoms with E-state index in [1.165, 1.54) is 6.20 Å². The van der Waals surface area contributed by atoms with E-state index in [9.17, 15) is 9.90 Å². The van der Waals surface area contributed by atoms with Gasteiger partial charge in [-0.15, -0.1) is 0 Å². The second-order valence-corrected chi connectivity index (χ2v) is 5.97. The number of aliphatic hydroxyl groups excluding tert-OH is 1. The van der Waals surface area contributed by atoms with Crippen molar-refractivity contribution in [1.29, 1.82) is 0 Å². The van der Waals surface area contributed by atoms with Crippen LogP contribution in [0.1, 0.15) is 34.1 Å². The van der Waals surface area contributed by atoms with E-state index in [0.29, 0.717) is 30.7 Å². The number of aromatic nitrogens is 2. The van der Waals surface area contributed by atoms with Gasteiger partial charge in [0.15, 0.2) is 0 Å². The summed E-state index contributed by atoms with van der Waals surface area (Å²) < 4.78 is 0. The summed E-state index contributed by atoms with van der Waals surface area (Å²) in [5.41, 5.74) is 3.69. The lowest BCUT2D eigenvalue weighted by Gasteiger charge is -2.20. The molecule has 1 amide bonds. The Kier molecular flexibility index (Phi) is 3.70. The van der Waals surface area contributed by atoms with Crippen LogP contribution >= 0.6 is 0 Å². The number of rotatable bonds is 1. The van der Waals surface area contributed by atoms with Gasteiger partial charge in [0.2, 0.25) is 0 Å². The average molecular weight is 319 g/mol. The van der Waals surface area contributed by atoms with E-state index >= 15 is 0 Å². The molecule has 0 spiro atoms. The average Bonchev–Trinajstić information content (AvgIpc) is 2.80. The number of carbonyl (C=O) groups excluding carboxylic acids is 1. The molecule has 0 saturated heterocycles. The minimum atomic E-state index is -0.540. The summed E-state index contributed by atoms with van der Waals surface area (Å²) in [5.74, 6) is -0.155. The van der Waals surface area contributed by atoms with Crippen LogP contribution in [0.5, 0.6) is 0 Å². The molecule has 5 nitrogen and oxygen atoms in total. The second kappa shape index (κ2) is 6.02. The number of benzene rings is 2. The topological polar surface area (TPSA) is 66.3 Å². The minimum Gasteiger partial charge on any atom is -0.388 e. The first-order chi connectivity index (χ1) is 11.7. The van der Waals surface area contributed by atoms with E-state index in [1.807, 2.05) is 48.5 Å². The Hall–Kier alpha value is -2.79. The molecule has 1 unspecified atom stereocenters. The molecule has 1 aliphatic rings. The van der Waals surface area contributed by atoms with Crippen molar-refractivity contribution in [2.24, 2.45) is 0 Å². The Morgan fingerprint density at radius 1 is 1.08 bits per heavy atom. The van der Waals surface area contributed by atoms with Crippen LogP contribution in [0.25, 0.3) is 11.0 Å². The van der Waals surface area contributed by atoms with Gasteiger partial charge in [0.25, 0.3) is 5.91 Å². The van der Waals surface area contributed by atoms with Gasteiger partial charge in [-0.25, -0.2) is 4.98 Å². The fraction of sp³-hybridized carbons (Fsp3) is 0.211. The molecule has 2 heterocycles. The molecular formula is C19H17N3O2. The van der Waals surface area contributed by atoms with E-state index in [1.54, 1.807) is 4.90 Å². The third-order valence-corrected chi connectivity index (χ3v) is 4.40. The van der Waals surface area contributed by atoms with Crippen LogP contribution in [-0.2, 0) is 6.54 Å². The number of amides is 1. The van der Waals surface area contributed by atoms with Crippen molar-refractivity contribution in [3.8, 4) is 0 Å². The number of nitrogens with zero attached hydrogens (tertiary/aromatic N) is 3. The maximum absolute atomic E-state index is 12.9. The first-order valence-corrected chi connectivity index (χ1v) is 7.99. The summed E-state index contributed by atoms with van der Waals surface area (Å²) in [6.07, 6.45) is 1.50. The van der Waals surface area contributed by atoms with Crippen LogP contribution in [0.4, 0.5) is 0 Å². The number of hydrogen-bond donors (Lipinski definition) is 1. The first-order valence-electron chi connectivity index (χ1n) is 7.99. The highest BCUT2D eigenvalue weighted by molar-refractivity contribution is 5.93. The summed E-state index contributed by atoms with van der Waals surface area (Å²) in [4.78, 5) is 23.3. The lowest BCUT2D eigenvalue weighted by Crippen LogP contribution is -2.31. The predicted octanol–water partition coefficient (Wildman–Crippen LogP) is 2.71. The maximum atomic E-state index is 12.9. The highest BCUT2D eigenvalue weighted by atomic mass is 16.3. The lowest BCUT2D eigenvalue weighted by molar-refractivity contribution is 0.0717. The Morgan fingerprint density at radius 2 is 1.83 bits per heavy atom. The normalized spacial score (nSPS) is 17.4. The lowest BCUT2D eigenvalue weighted by atomic mass is 10.0. The molecule has 120 valence electrons. The zero-order chi connectivity index (χ0) is 16.5. The van der Waals surface area contributed by atoms with Crippen molar-refractivity contribution >= 4 is 16.9 Å². The van der Waals surface area contributed by atoms with Gasteiger partial charge in [-0.1, -0.05) is 36.4 Å². The Bertz CT molecular complexity index is 910. The Labute approximate surface area is 139 Å². The molecule has 0 fully saturated rings. The van der Waals surface area contributed by atoms with Crippen LogP contribution in [0.2, 0.25) is 0 Å². The van der Waals surface area contributed by atoms with Gasteiger partial charge in [0.1, 0.15) is 5.69 Å². The smallest absolute Gasteiger partial charge is 0.274 e. The summed E-state index contributed by atoms with van der Waals surface area (Å²) in [5, 5.41) is 10.3. The van der Waals surface area contributed by atoms with Gasteiger partial charge in [-0.2, -0.15) is 0 Å². The minimum absolute atomic E-state index is 0.155. The third kappa shape index (κ3) is 2.63. The molecule has 1 aliphatic heterocycles. The van der Waals surface area contributed by atoms with Crippen LogP contribution in [0.3, 0.4) is 0 Å². The highest BCUT2D eigenvalue weighted by Crippen LogP contribution is 2.27. The van der Waals surface area contributed by atoms with E-state index < -0.39 is 6.10 Å². The van der Waals surface area contributed by atoms with E-state index in [0.717, 1.165) is 16.6 Å². The first kappa shape index (κ1) is 14.8. The Balaban J connectivity index is 1.66. The van der Waals surface area contributed by atoms with Crippen LogP contribution in [0, 0.1) is 0 Å². The zero-order valence-corrected chi connectivity index (χ0v) is 13.1. The molecule has 0 bridgehead atoms.